The van der Waals surface area contributed by atoms with Gasteiger partial charge in [0.25, 0.3) is 0 Å². The number of nitrogens with zero attached hydrogens (tertiary/aromatic N) is 1. The highest BCUT2D eigenvalue weighted by atomic mass is 32.2. The van der Waals surface area contributed by atoms with Crippen molar-refractivity contribution in [3.63, 3.8) is 0 Å². The lowest BCUT2D eigenvalue weighted by molar-refractivity contribution is -0.126. The number of hydrogen-bond donors (Lipinski definition) is 3. The third kappa shape index (κ3) is 9.86. The maximum absolute atomic E-state index is 13.9. The van der Waals surface area contributed by atoms with E-state index in [0.29, 0.717) is 38.7 Å². The van der Waals surface area contributed by atoms with E-state index < -0.39 is 34.1 Å². The number of amides is 1. The summed E-state index contributed by atoms with van der Waals surface area (Å²) >= 11 is 0. The Bertz CT molecular complexity index is 1370. The fourth-order valence-corrected chi connectivity index (χ4v) is 7.56. The van der Waals surface area contributed by atoms with Crippen LogP contribution in [-0.2, 0) is 26.0 Å². The molecule has 10 heteroatoms. The summed E-state index contributed by atoms with van der Waals surface area (Å²) in [7, 11) is -2.16. The molecule has 0 aromatic heterocycles. The van der Waals surface area contributed by atoms with E-state index in [1.807, 2.05) is 69.3 Å². The van der Waals surface area contributed by atoms with E-state index in [-0.39, 0.29) is 30.5 Å². The number of allylic oxidation sites excluding steroid dienone is 1. The summed E-state index contributed by atoms with van der Waals surface area (Å²) < 4.78 is 40.0. The summed E-state index contributed by atoms with van der Waals surface area (Å²) in [4.78, 5) is 13.9. The van der Waals surface area contributed by atoms with Crippen molar-refractivity contribution in [3.8, 4) is 5.75 Å². The molecule has 1 amide bonds. The minimum Gasteiger partial charge on any atom is -0.491 e. The summed E-state index contributed by atoms with van der Waals surface area (Å²) in [5.41, 5.74) is 3.14. The third-order valence-electron chi connectivity index (χ3n) is 8.62. The van der Waals surface area contributed by atoms with Crippen molar-refractivity contribution < 1.29 is 27.8 Å². The fourth-order valence-electron chi connectivity index (χ4n) is 6.11. The summed E-state index contributed by atoms with van der Waals surface area (Å²) in [5.74, 6) is 0.379. The summed E-state index contributed by atoms with van der Waals surface area (Å²) in [6.07, 6.45) is 7.06. The number of aliphatic hydroxyl groups is 1. The maximum atomic E-state index is 13.9. The fraction of sp³-hybridized carbons (Fsp3) is 0.571. The van der Waals surface area contributed by atoms with E-state index in [1.165, 1.54) is 11.4 Å². The van der Waals surface area contributed by atoms with Crippen LogP contribution in [0.25, 0.3) is 0 Å². The minimum atomic E-state index is -3.65. The maximum Gasteiger partial charge on any atom is 0.238 e. The van der Waals surface area contributed by atoms with E-state index in [4.69, 9.17) is 9.47 Å². The number of nitrogens with one attached hydrogen (secondary N) is 2. The van der Waals surface area contributed by atoms with Crippen LogP contribution in [-0.4, -0.2) is 74.0 Å². The molecule has 248 valence electrons. The second kappa shape index (κ2) is 16.7. The molecule has 4 rings (SSSR count). The van der Waals surface area contributed by atoms with Gasteiger partial charge in [0.05, 0.1) is 36.7 Å². The molecule has 1 aliphatic heterocycles. The van der Waals surface area contributed by atoms with Crippen molar-refractivity contribution in [1.29, 1.82) is 0 Å². The number of sulfonamides is 1. The average molecular weight is 642 g/mol. The van der Waals surface area contributed by atoms with E-state index >= 15 is 0 Å². The number of aliphatic hydroxyl groups excluding tert-OH is 1. The number of benzene rings is 2. The Morgan fingerprint density at radius 1 is 1.09 bits per heavy atom. The molecule has 9 nitrogen and oxygen atoms in total. The van der Waals surface area contributed by atoms with E-state index in [1.54, 1.807) is 0 Å². The quantitative estimate of drug-likeness (QED) is 0.252. The van der Waals surface area contributed by atoms with Gasteiger partial charge in [-0.3, -0.25) is 4.79 Å². The first-order chi connectivity index (χ1) is 21.6. The van der Waals surface area contributed by atoms with Crippen molar-refractivity contribution in [2.45, 2.75) is 102 Å². The molecule has 1 heterocycles. The Balaban J connectivity index is 1.61. The van der Waals surface area contributed by atoms with Crippen LogP contribution >= 0.6 is 0 Å². The molecule has 45 heavy (non-hydrogen) atoms. The standard InChI is InChI=1S/C35H51N3O6S/c1-5-6-13-20-45(41,42)38(4)32-16-11-8-12-19-43-34-23-30(29-22-27(44-25(2)3)17-18-28(29)34)36-24-33(39)31(37-35(32)40)21-26-14-9-7-10-15-26/h7-10,12,14-15,17-18,22,25,30-34,36,39H,5-6,11,13,16,19-21,23-24H2,1-4H3,(H,37,40)/t30-,31-,32-,33+,34+/m0/s1. The number of ether oxygens (including phenoxy) is 2. The number of carbonyl (C=O) groups excluding carboxylic acids is 1. The molecule has 2 aromatic rings. The van der Waals surface area contributed by atoms with Crippen LogP contribution in [0.3, 0.4) is 0 Å². The van der Waals surface area contributed by atoms with Crippen molar-refractivity contribution in [2.24, 2.45) is 0 Å². The largest absolute Gasteiger partial charge is 0.491 e. The second-order valence-electron chi connectivity index (χ2n) is 12.5. The molecule has 0 saturated heterocycles. The monoisotopic (exact) mass is 641 g/mol. The van der Waals surface area contributed by atoms with Crippen LogP contribution in [0.15, 0.2) is 60.7 Å². The molecule has 0 spiro atoms. The second-order valence-corrected chi connectivity index (χ2v) is 14.6. The molecule has 0 radical (unpaired) electrons. The van der Waals surface area contributed by atoms with Gasteiger partial charge >= 0.3 is 0 Å². The zero-order valence-electron chi connectivity index (χ0n) is 27.2. The lowest BCUT2D eigenvalue weighted by Crippen LogP contribution is -2.55. The Hall–Kier alpha value is -2.76. The van der Waals surface area contributed by atoms with Gasteiger partial charge < -0.3 is 25.2 Å². The number of rotatable bonds is 10. The van der Waals surface area contributed by atoms with Gasteiger partial charge in [0.15, 0.2) is 0 Å². The summed E-state index contributed by atoms with van der Waals surface area (Å²) in [6.45, 7) is 6.63. The van der Waals surface area contributed by atoms with E-state index in [9.17, 15) is 18.3 Å². The van der Waals surface area contributed by atoms with Gasteiger partial charge in [-0.1, -0.05) is 68.3 Å². The molecular formula is C35H51N3O6S. The van der Waals surface area contributed by atoms with Crippen molar-refractivity contribution in [2.75, 3.05) is 26.0 Å². The van der Waals surface area contributed by atoms with Crippen molar-refractivity contribution in [1.82, 2.24) is 14.9 Å². The smallest absolute Gasteiger partial charge is 0.238 e. The number of likely N-dealkylation sites (N-methyl/N-ethyl adjacent to an activating group) is 1. The Kier molecular flexibility index (Phi) is 13.0. The SMILES string of the molecule is CCCCCS(=O)(=O)N(C)[C@H]1CCC=CCO[C@@H]2C[C@H](NC[C@@H](O)[C@H](Cc3ccccc3)NC1=O)c1cc(OC(C)C)ccc12. The normalized spacial score (nSPS) is 24.9. The number of fused-ring (bicyclic) bond motifs is 5. The minimum absolute atomic E-state index is 0.00194. The summed E-state index contributed by atoms with van der Waals surface area (Å²) in [6, 6.07) is 14.2. The highest BCUT2D eigenvalue weighted by Gasteiger charge is 2.35. The van der Waals surface area contributed by atoms with Crippen LogP contribution in [0.4, 0.5) is 0 Å². The van der Waals surface area contributed by atoms with Crippen LogP contribution in [0, 0.1) is 0 Å². The first-order valence-corrected chi connectivity index (χ1v) is 18.0. The number of β-amino-alcohol motifs (C(OH)–C–C–N with tert-alkyl or cyclic N) is 1. The zero-order chi connectivity index (χ0) is 32.4. The Morgan fingerprint density at radius 3 is 2.60 bits per heavy atom. The van der Waals surface area contributed by atoms with E-state index in [0.717, 1.165) is 35.3 Å². The molecule has 0 fully saturated rings. The predicted octanol–water partition coefficient (Wildman–Crippen LogP) is 4.82. The van der Waals surface area contributed by atoms with Gasteiger partial charge in [-0.25, -0.2) is 8.42 Å². The number of carbonyl (C=O) groups is 1. The van der Waals surface area contributed by atoms with Gasteiger partial charge in [-0.2, -0.15) is 4.31 Å². The first kappa shape index (κ1) is 35.1. The van der Waals surface area contributed by atoms with Gasteiger partial charge in [0.1, 0.15) is 11.8 Å². The average Bonchev–Trinajstić information content (AvgIpc) is 3.35. The predicted molar refractivity (Wildman–Crippen MR) is 178 cm³/mol. The Morgan fingerprint density at radius 2 is 1.87 bits per heavy atom. The van der Waals surface area contributed by atoms with Crippen LogP contribution in [0.1, 0.15) is 88.1 Å². The third-order valence-corrected chi connectivity index (χ3v) is 10.6. The lowest BCUT2D eigenvalue weighted by atomic mass is 9.99. The van der Waals surface area contributed by atoms with Gasteiger partial charge in [-0.15, -0.1) is 0 Å². The van der Waals surface area contributed by atoms with Gasteiger partial charge in [0.2, 0.25) is 15.9 Å². The molecule has 2 aromatic carbocycles. The highest BCUT2D eigenvalue weighted by molar-refractivity contribution is 7.89. The molecule has 2 aliphatic rings. The van der Waals surface area contributed by atoms with E-state index in [2.05, 4.69) is 22.8 Å². The highest BCUT2D eigenvalue weighted by Crippen LogP contribution is 2.42. The summed E-state index contributed by atoms with van der Waals surface area (Å²) in [5, 5.41) is 18.2. The molecule has 0 unspecified atom stereocenters. The molecular weight excluding hydrogens is 590 g/mol. The van der Waals surface area contributed by atoms with Crippen molar-refractivity contribution >= 4 is 15.9 Å². The van der Waals surface area contributed by atoms with Crippen LogP contribution in [0.5, 0.6) is 5.75 Å². The zero-order valence-corrected chi connectivity index (χ0v) is 28.0. The number of unbranched alkanes of at least 4 members (excludes halogenated alkanes) is 2. The molecule has 5 atom stereocenters. The molecule has 2 bridgehead atoms. The number of hydrogen-bond acceptors (Lipinski definition) is 7. The van der Waals surface area contributed by atoms with Crippen LogP contribution < -0.4 is 15.4 Å². The molecule has 1 aliphatic carbocycles. The van der Waals surface area contributed by atoms with Gasteiger partial charge in [0, 0.05) is 19.6 Å². The van der Waals surface area contributed by atoms with Crippen LogP contribution in [0.2, 0.25) is 0 Å². The van der Waals surface area contributed by atoms with Crippen molar-refractivity contribution in [3.05, 3.63) is 77.4 Å². The first-order valence-electron chi connectivity index (χ1n) is 16.4. The molecule has 3 N–H and O–H groups in total. The lowest BCUT2D eigenvalue weighted by Gasteiger charge is -2.31. The van der Waals surface area contributed by atoms with Gasteiger partial charge in [-0.05, 0) is 74.8 Å². The Labute approximate surface area is 269 Å². The topological polar surface area (TPSA) is 117 Å². The molecule has 0 saturated carbocycles.